The third kappa shape index (κ3) is 2.82. The summed E-state index contributed by atoms with van der Waals surface area (Å²) in [5.74, 6) is -0.166. The first kappa shape index (κ1) is 11.2. The zero-order valence-electron chi connectivity index (χ0n) is 7.79. The maximum absolute atomic E-state index is 12.8. The van der Waals surface area contributed by atoms with Crippen LogP contribution >= 0.6 is 12.4 Å². The van der Waals surface area contributed by atoms with Gasteiger partial charge in [-0.05, 0) is 30.7 Å². The Balaban J connectivity index is 0.000000980. The monoisotopic (exact) mass is 213 g/mol. The lowest BCUT2D eigenvalue weighted by molar-refractivity contribution is 0.627. The predicted octanol–water partition coefficient (Wildman–Crippen LogP) is 2.62. The van der Waals surface area contributed by atoms with E-state index in [1.165, 1.54) is 11.6 Å². The van der Waals surface area contributed by atoms with Gasteiger partial charge < -0.3 is 5.32 Å². The van der Waals surface area contributed by atoms with Gasteiger partial charge in [0.15, 0.2) is 0 Å². The number of hydrogen-bond acceptors (Lipinski definition) is 1. The molecule has 0 bridgehead atoms. The number of halogens is 2. The van der Waals surface area contributed by atoms with Gasteiger partial charge in [0.1, 0.15) is 5.82 Å². The van der Waals surface area contributed by atoms with Crippen molar-refractivity contribution < 1.29 is 4.39 Å². The van der Waals surface area contributed by atoms with Crippen molar-refractivity contribution in [3.63, 3.8) is 0 Å². The molecule has 1 N–H and O–H groups in total. The topological polar surface area (TPSA) is 12.0 Å². The van der Waals surface area contributed by atoms with E-state index in [4.69, 9.17) is 0 Å². The second kappa shape index (κ2) is 5.13. The molecule has 0 radical (unpaired) electrons. The van der Waals surface area contributed by atoms with Crippen molar-refractivity contribution in [3.05, 3.63) is 41.2 Å². The summed E-state index contributed by atoms with van der Waals surface area (Å²) >= 11 is 0. The summed E-state index contributed by atoms with van der Waals surface area (Å²) < 4.78 is 12.8. The van der Waals surface area contributed by atoms with Gasteiger partial charge in [0.05, 0.1) is 0 Å². The summed E-state index contributed by atoms with van der Waals surface area (Å²) in [6.45, 7) is 1.98. The Labute approximate surface area is 89.4 Å². The van der Waals surface area contributed by atoms with E-state index in [9.17, 15) is 4.39 Å². The van der Waals surface area contributed by atoms with Crippen LogP contribution in [-0.2, 0) is 0 Å². The van der Waals surface area contributed by atoms with Crippen molar-refractivity contribution in [1.29, 1.82) is 0 Å². The Hall–Kier alpha value is -0.860. The van der Waals surface area contributed by atoms with E-state index in [1.807, 2.05) is 6.07 Å². The first-order valence-electron chi connectivity index (χ1n) is 4.50. The minimum atomic E-state index is -0.166. The summed E-state index contributed by atoms with van der Waals surface area (Å²) in [7, 11) is 0. The molecule has 1 fully saturated rings. The Morgan fingerprint density at radius 1 is 1.36 bits per heavy atom. The molecule has 76 valence electrons. The van der Waals surface area contributed by atoms with Crippen LogP contribution in [0.25, 0.3) is 6.08 Å². The zero-order valence-corrected chi connectivity index (χ0v) is 8.61. The first-order chi connectivity index (χ1) is 6.34. The number of hydrogen-bond donors (Lipinski definition) is 1. The minimum absolute atomic E-state index is 0. The molecular formula is C11H13ClFN. The fraction of sp³-hybridized carbons (Fsp3) is 0.273. The molecular weight excluding hydrogens is 201 g/mol. The van der Waals surface area contributed by atoms with Gasteiger partial charge in [0, 0.05) is 6.54 Å². The molecule has 0 aromatic heterocycles. The van der Waals surface area contributed by atoms with E-state index >= 15 is 0 Å². The Kier molecular flexibility index (Phi) is 4.11. The first-order valence-corrected chi connectivity index (χ1v) is 4.50. The van der Waals surface area contributed by atoms with Crippen LogP contribution in [0.4, 0.5) is 4.39 Å². The maximum atomic E-state index is 12.8. The fourth-order valence-corrected chi connectivity index (χ4v) is 1.54. The summed E-state index contributed by atoms with van der Waals surface area (Å²) in [4.78, 5) is 0. The van der Waals surface area contributed by atoms with Crippen LogP contribution in [0.3, 0.4) is 0 Å². The van der Waals surface area contributed by atoms with Crippen molar-refractivity contribution in [2.75, 3.05) is 13.1 Å². The van der Waals surface area contributed by atoms with Gasteiger partial charge in [0.25, 0.3) is 0 Å². The van der Waals surface area contributed by atoms with E-state index < -0.39 is 0 Å². The van der Waals surface area contributed by atoms with Crippen LogP contribution in [0.1, 0.15) is 12.0 Å². The summed E-state index contributed by atoms with van der Waals surface area (Å²) in [6, 6.07) is 6.69. The van der Waals surface area contributed by atoms with Crippen molar-refractivity contribution in [2.24, 2.45) is 0 Å². The molecule has 1 aromatic rings. The third-order valence-electron chi connectivity index (χ3n) is 2.19. The molecule has 1 heterocycles. The smallest absolute Gasteiger partial charge is 0.123 e. The highest BCUT2D eigenvalue weighted by molar-refractivity contribution is 5.85. The molecule has 1 aromatic carbocycles. The molecule has 0 spiro atoms. The van der Waals surface area contributed by atoms with Crippen LogP contribution in [0, 0.1) is 5.82 Å². The van der Waals surface area contributed by atoms with Crippen molar-refractivity contribution >= 4 is 18.5 Å². The third-order valence-corrected chi connectivity index (χ3v) is 2.19. The minimum Gasteiger partial charge on any atom is -0.313 e. The predicted molar refractivity (Wildman–Crippen MR) is 59.1 cm³/mol. The second-order valence-corrected chi connectivity index (χ2v) is 3.28. The van der Waals surface area contributed by atoms with Gasteiger partial charge in [-0.15, -0.1) is 12.4 Å². The molecule has 0 saturated carbocycles. The van der Waals surface area contributed by atoms with Crippen LogP contribution in [0.15, 0.2) is 29.8 Å². The standard InChI is InChI=1S/C11H12FN.ClH/c12-11-3-1-2-9(7-11)6-10-4-5-13-8-10;/h1-3,6-7,13H,4-5,8H2;1H/b10-6-;. The molecule has 2 rings (SSSR count). The van der Waals surface area contributed by atoms with Gasteiger partial charge in [0.2, 0.25) is 0 Å². The normalized spacial score (nSPS) is 18.2. The molecule has 1 aliphatic rings. The van der Waals surface area contributed by atoms with Crippen molar-refractivity contribution in [3.8, 4) is 0 Å². The highest BCUT2D eigenvalue weighted by Gasteiger charge is 2.04. The van der Waals surface area contributed by atoms with Gasteiger partial charge in [-0.2, -0.15) is 0 Å². The molecule has 0 atom stereocenters. The highest BCUT2D eigenvalue weighted by atomic mass is 35.5. The van der Waals surface area contributed by atoms with Crippen LogP contribution in [-0.4, -0.2) is 13.1 Å². The average Bonchev–Trinajstić information content (AvgIpc) is 2.57. The van der Waals surface area contributed by atoms with E-state index in [1.54, 1.807) is 12.1 Å². The average molecular weight is 214 g/mol. The maximum Gasteiger partial charge on any atom is 0.123 e. The molecule has 1 nitrogen and oxygen atoms in total. The van der Waals surface area contributed by atoms with Crippen LogP contribution in [0.5, 0.6) is 0 Å². The molecule has 0 aliphatic carbocycles. The zero-order chi connectivity index (χ0) is 9.10. The Morgan fingerprint density at radius 2 is 2.21 bits per heavy atom. The number of rotatable bonds is 1. The van der Waals surface area contributed by atoms with Crippen molar-refractivity contribution in [2.45, 2.75) is 6.42 Å². The van der Waals surface area contributed by atoms with Gasteiger partial charge in [-0.1, -0.05) is 23.8 Å². The van der Waals surface area contributed by atoms with Crippen LogP contribution < -0.4 is 5.32 Å². The number of nitrogens with one attached hydrogen (secondary N) is 1. The molecule has 3 heteroatoms. The Bertz CT molecular complexity index is 328. The molecule has 14 heavy (non-hydrogen) atoms. The van der Waals surface area contributed by atoms with Gasteiger partial charge in [-0.25, -0.2) is 4.39 Å². The van der Waals surface area contributed by atoms with Gasteiger partial charge in [-0.3, -0.25) is 0 Å². The van der Waals surface area contributed by atoms with E-state index in [2.05, 4.69) is 11.4 Å². The lowest BCUT2D eigenvalue weighted by Gasteiger charge is -1.96. The largest absolute Gasteiger partial charge is 0.313 e. The van der Waals surface area contributed by atoms with Crippen molar-refractivity contribution in [1.82, 2.24) is 5.32 Å². The summed E-state index contributed by atoms with van der Waals surface area (Å²) in [6.07, 6.45) is 3.14. The summed E-state index contributed by atoms with van der Waals surface area (Å²) in [5.41, 5.74) is 2.31. The molecule has 1 aliphatic heterocycles. The quantitative estimate of drug-likeness (QED) is 0.756. The SMILES string of the molecule is Cl.Fc1cccc(/C=C2/CCNC2)c1. The van der Waals surface area contributed by atoms with Gasteiger partial charge >= 0.3 is 0 Å². The fourth-order valence-electron chi connectivity index (χ4n) is 1.54. The molecule has 0 amide bonds. The number of benzene rings is 1. The molecule has 0 unspecified atom stereocenters. The summed E-state index contributed by atoms with van der Waals surface area (Å²) in [5, 5.41) is 3.25. The van der Waals surface area contributed by atoms with E-state index in [-0.39, 0.29) is 18.2 Å². The molecule has 1 saturated heterocycles. The lowest BCUT2D eigenvalue weighted by Crippen LogP contribution is -2.04. The second-order valence-electron chi connectivity index (χ2n) is 3.28. The Morgan fingerprint density at radius 3 is 2.86 bits per heavy atom. The van der Waals surface area contributed by atoms with E-state index in [0.29, 0.717) is 0 Å². The van der Waals surface area contributed by atoms with Crippen LogP contribution in [0.2, 0.25) is 0 Å². The lowest BCUT2D eigenvalue weighted by atomic mass is 10.1. The van der Waals surface area contributed by atoms with E-state index in [0.717, 1.165) is 25.1 Å². The highest BCUT2D eigenvalue weighted by Crippen LogP contribution is 2.13.